The Morgan fingerprint density at radius 3 is 2.42 bits per heavy atom. The van der Waals surface area contributed by atoms with Crippen LogP contribution < -0.4 is 0 Å². The van der Waals surface area contributed by atoms with Gasteiger partial charge in [-0.3, -0.25) is 0 Å². The molecule has 1 atom stereocenters. The van der Waals surface area contributed by atoms with Gasteiger partial charge in [0.2, 0.25) is 0 Å². The van der Waals surface area contributed by atoms with Crippen LogP contribution in [0, 0.1) is 5.92 Å². The van der Waals surface area contributed by atoms with Gasteiger partial charge < -0.3 is 9.84 Å². The molecule has 0 aliphatic rings. The Hall–Kier alpha value is -0.570. The highest BCUT2D eigenvalue weighted by Crippen LogP contribution is 2.04. The SMILES string of the molecule is CC(C)CCCO[C@H](C)C(=O)O. The lowest BCUT2D eigenvalue weighted by molar-refractivity contribution is -0.149. The van der Waals surface area contributed by atoms with Gasteiger partial charge in [0.25, 0.3) is 0 Å². The minimum Gasteiger partial charge on any atom is -0.479 e. The van der Waals surface area contributed by atoms with E-state index in [1.165, 1.54) is 0 Å². The van der Waals surface area contributed by atoms with Crippen molar-refractivity contribution in [2.75, 3.05) is 6.61 Å². The number of carboxylic acids is 1. The van der Waals surface area contributed by atoms with Crippen molar-refractivity contribution in [2.24, 2.45) is 5.92 Å². The molecule has 3 heteroatoms. The van der Waals surface area contributed by atoms with E-state index in [9.17, 15) is 4.79 Å². The molecule has 0 saturated heterocycles. The Morgan fingerprint density at radius 2 is 2.00 bits per heavy atom. The maximum Gasteiger partial charge on any atom is 0.332 e. The van der Waals surface area contributed by atoms with Gasteiger partial charge in [-0.2, -0.15) is 0 Å². The predicted octanol–water partition coefficient (Wildman–Crippen LogP) is 1.91. The van der Waals surface area contributed by atoms with Gasteiger partial charge in [0.05, 0.1) is 0 Å². The fourth-order valence-electron chi connectivity index (χ4n) is 0.823. The monoisotopic (exact) mass is 174 g/mol. The molecule has 0 unspecified atom stereocenters. The van der Waals surface area contributed by atoms with Crippen molar-refractivity contribution in [2.45, 2.75) is 39.7 Å². The van der Waals surface area contributed by atoms with E-state index >= 15 is 0 Å². The van der Waals surface area contributed by atoms with Crippen LogP contribution in [0.4, 0.5) is 0 Å². The van der Waals surface area contributed by atoms with Crippen molar-refractivity contribution in [1.29, 1.82) is 0 Å². The van der Waals surface area contributed by atoms with Crippen molar-refractivity contribution in [3.8, 4) is 0 Å². The second-order valence-electron chi connectivity index (χ2n) is 3.39. The summed E-state index contributed by atoms with van der Waals surface area (Å²) in [5, 5.41) is 8.47. The fourth-order valence-corrected chi connectivity index (χ4v) is 0.823. The molecule has 0 rings (SSSR count). The molecule has 3 nitrogen and oxygen atoms in total. The smallest absolute Gasteiger partial charge is 0.332 e. The maximum absolute atomic E-state index is 10.3. The van der Waals surface area contributed by atoms with Crippen molar-refractivity contribution >= 4 is 5.97 Å². The summed E-state index contributed by atoms with van der Waals surface area (Å²) < 4.78 is 5.05. The summed E-state index contributed by atoms with van der Waals surface area (Å²) in [4.78, 5) is 10.3. The Morgan fingerprint density at radius 1 is 1.42 bits per heavy atom. The predicted molar refractivity (Wildman–Crippen MR) is 47.1 cm³/mol. The van der Waals surface area contributed by atoms with Gasteiger partial charge in [-0.15, -0.1) is 0 Å². The number of rotatable bonds is 6. The van der Waals surface area contributed by atoms with Crippen molar-refractivity contribution in [3.63, 3.8) is 0 Å². The number of hydrogen-bond donors (Lipinski definition) is 1. The fraction of sp³-hybridized carbons (Fsp3) is 0.889. The summed E-state index contributed by atoms with van der Waals surface area (Å²) in [7, 11) is 0. The third kappa shape index (κ3) is 6.16. The number of hydrogen-bond acceptors (Lipinski definition) is 2. The van der Waals surface area contributed by atoms with Gasteiger partial charge in [-0.25, -0.2) is 4.79 Å². The van der Waals surface area contributed by atoms with E-state index in [4.69, 9.17) is 9.84 Å². The number of aliphatic carboxylic acids is 1. The first-order valence-electron chi connectivity index (χ1n) is 4.38. The molecule has 0 saturated carbocycles. The van der Waals surface area contributed by atoms with E-state index in [2.05, 4.69) is 13.8 Å². The normalized spacial score (nSPS) is 13.3. The van der Waals surface area contributed by atoms with Gasteiger partial charge in [0, 0.05) is 6.61 Å². The van der Waals surface area contributed by atoms with Crippen LogP contribution in [0.2, 0.25) is 0 Å². The molecular weight excluding hydrogens is 156 g/mol. The van der Waals surface area contributed by atoms with Crippen LogP contribution in [0.15, 0.2) is 0 Å². The molecule has 0 bridgehead atoms. The molecule has 72 valence electrons. The van der Waals surface area contributed by atoms with E-state index in [-0.39, 0.29) is 0 Å². The van der Waals surface area contributed by atoms with E-state index < -0.39 is 12.1 Å². The highest BCUT2D eigenvalue weighted by Gasteiger charge is 2.09. The first kappa shape index (κ1) is 11.4. The van der Waals surface area contributed by atoms with E-state index in [0.717, 1.165) is 12.8 Å². The molecule has 0 radical (unpaired) electrons. The van der Waals surface area contributed by atoms with Gasteiger partial charge in [0.15, 0.2) is 6.10 Å². The zero-order valence-corrected chi connectivity index (χ0v) is 8.04. The number of carboxylic acid groups (broad SMARTS) is 1. The molecule has 0 heterocycles. The minimum absolute atomic E-state index is 0.547. The third-order valence-corrected chi connectivity index (χ3v) is 1.64. The zero-order chi connectivity index (χ0) is 9.56. The topological polar surface area (TPSA) is 46.5 Å². The maximum atomic E-state index is 10.3. The summed E-state index contributed by atoms with van der Waals surface area (Å²) in [6.45, 7) is 6.38. The lowest BCUT2D eigenvalue weighted by Gasteiger charge is -2.08. The Bertz CT molecular complexity index is 132. The van der Waals surface area contributed by atoms with Gasteiger partial charge >= 0.3 is 5.97 Å². The molecule has 0 spiro atoms. The molecule has 1 N–H and O–H groups in total. The zero-order valence-electron chi connectivity index (χ0n) is 8.04. The summed E-state index contributed by atoms with van der Waals surface area (Å²) in [5.74, 6) is -0.228. The van der Waals surface area contributed by atoms with Gasteiger partial charge in [-0.1, -0.05) is 13.8 Å². The first-order chi connectivity index (χ1) is 5.54. The average Bonchev–Trinajstić information content (AvgIpc) is 1.97. The highest BCUT2D eigenvalue weighted by atomic mass is 16.5. The Kier molecular flexibility index (Phi) is 5.72. The van der Waals surface area contributed by atoms with Crippen molar-refractivity contribution in [3.05, 3.63) is 0 Å². The van der Waals surface area contributed by atoms with Gasteiger partial charge in [0.1, 0.15) is 0 Å². The molecule has 12 heavy (non-hydrogen) atoms. The largest absolute Gasteiger partial charge is 0.479 e. The number of ether oxygens (including phenoxy) is 1. The quantitative estimate of drug-likeness (QED) is 0.626. The first-order valence-corrected chi connectivity index (χ1v) is 4.38. The summed E-state index contributed by atoms with van der Waals surface area (Å²) in [5.41, 5.74) is 0. The lowest BCUT2D eigenvalue weighted by Crippen LogP contribution is -2.20. The standard InChI is InChI=1S/C9H18O3/c1-7(2)5-4-6-12-8(3)9(10)11/h7-8H,4-6H2,1-3H3,(H,10,11)/t8-/m1/s1. The van der Waals surface area contributed by atoms with Crippen molar-refractivity contribution < 1.29 is 14.6 Å². The van der Waals surface area contributed by atoms with E-state index in [1.54, 1.807) is 6.92 Å². The Labute approximate surface area is 73.7 Å². The van der Waals surface area contributed by atoms with E-state index in [1.807, 2.05) is 0 Å². The molecular formula is C9H18O3. The molecule has 0 aromatic rings. The van der Waals surface area contributed by atoms with Crippen molar-refractivity contribution in [1.82, 2.24) is 0 Å². The summed E-state index contributed by atoms with van der Waals surface area (Å²) >= 11 is 0. The van der Waals surface area contributed by atoms with E-state index in [0.29, 0.717) is 12.5 Å². The molecule has 0 aromatic heterocycles. The second kappa shape index (κ2) is 6.00. The van der Waals surface area contributed by atoms with Crippen LogP contribution in [-0.4, -0.2) is 23.8 Å². The van der Waals surface area contributed by atoms with Crippen LogP contribution in [-0.2, 0) is 9.53 Å². The molecule has 0 aliphatic heterocycles. The molecule has 0 fully saturated rings. The van der Waals surface area contributed by atoms with Crippen LogP contribution in [0.1, 0.15) is 33.6 Å². The average molecular weight is 174 g/mol. The Balaban J connectivity index is 3.25. The van der Waals surface area contributed by atoms with Crippen LogP contribution in [0.5, 0.6) is 0 Å². The number of carbonyl (C=O) groups is 1. The highest BCUT2D eigenvalue weighted by molar-refractivity contribution is 5.71. The summed E-state index contributed by atoms with van der Waals surface area (Å²) in [6.07, 6.45) is 1.36. The van der Waals surface area contributed by atoms with Gasteiger partial charge in [-0.05, 0) is 25.7 Å². The second-order valence-corrected chi connectivity index (χ2v) is 3.39. The van der Waals surface area contributed by atoms with Crippen LogP contribution >= 0.6 is 0 Å². The minimum atomic E-state index is -0.889. The summed E-state index contributed by atoms with van der Waals surface area (Å²) in [6, 6.07) is 0. The molecule has 0 amide bonds. The third-order valence-electron chi connectivity index (χ3n) is 1.64. The molecule has 0 aromatic carbocycles. The molecule has 0 aliphatic carbocycles. The lowest BCUT2D eigenvalue weighted by atomic mass is 10.1. The van der Waals surface area contributed by atoms with Crippen LogP contribution in [0.25, 0.3) is 0 Å². The van der Waals surface area contributed by atoms with Crippen LogP contribution in [0.3, 0.4) is 0 Å².